The molecule has 1 spiro atoms. The maximum atomic E-state index is 14.3. The molecule has 0 aromatic carbocycles. The number of hydrogen-bond donors (Lipinski definition) is 3. The Kier molecular flexibility index (Phi) is 5.29. The molecule has 224 valence electrons. The Hall–Kier alpha value is -1.70. The predicted molar refractivity (Wildman–Crippen MR) is 137 cm³/mol. The molecule has 2 unspecified atom stereocenters. The summed E-state index contributed by atoms with van der Waals surface area (Å²) >= 11 is 0. The van der Waals surface area contributed by atoms with Crippen molar-refractivity contribution in [2.24, 2.45) is 22.7 Å². The van der Waals surface area contributed by atoms with Crippen molar-refractivity contribution in [1.29, 1.82) is 0 Å². The fourth-order valence-corrected chi connectivity index (χ4v) is 10.2. The third-order valence-corrected chi connectivity index (χ3v) is 12.2. The first kappa shape index (κ1) is 26.9. The Labute approximate surface area is 237 Å². The monoisotopic (exact) mass is 574 g/mol. The number of carbonyl (C=O) groups is 2. The summed E-state index contributed by atoms with van der Waals surface area (Å²) in [6.45, 7) is 5.69. The van der Waals surface area contributed by atoms with E-state index in [0.717, 1.165) is 5.57 Å². The van der Waals surface area contributed by atoms with Crippen molar-refractivity contribution in [2.75, 3.05) is 13.7 Å². The lowest BCUT2D eigenvalue weighted by Gasteiger charge is -2.62. The lowest BCUT2D eigenvalue weighted by Crippen LogP contribution is -2.75. The van der Waals surface area contributed by atoms with Crippen molar-refractivity contribution in [3.8, 4) is 0 Å². The Balaban J connectivity index is 1.18. The Bertz CT molecular complexity index is 1290. The largest absolute Gasteiger partial charge is 0.458 e. The second kappa shape index (κ2) is 8.06. The number of cyclic esters (lactones) is 1. The van der Waals surface area contributed by atoms with Crippen LogP contribution in [0.25, 0.3) is 0 Å². The highest BCUT2D eigenvalue weighted by atomic mass is 16.8. The minimum Gasteiger partial charge on any atom is -0.458 e. The number of epoxide rings is 1. The van der Waals surface area contributed by atoms with Crippen LogP contribution in [0.3, 0.4) is 0 Å². The minimum absolute atomic E-state index is 0.0825. The highest BCUT2D eigenvalue weighted by molar-refractivity contribution is 5.94. The van der Waals surface area contributed by atoms with E-state index in [1.54, 1.807) is 6.92 Å². The summed E-state index contributed by atoms with van der Waals surface area (Å²) in [7, 11) is 1.52. The third-order valence-electron chi connectivity index (χ3n) is 12.2. The number of Topliss-reactive ketones (excluding diaryl/α,β-unsaturated/α-hetero) is 1. The van der Waals surface area contributed by atoms with E-state index in [0.29, 0.717) is 37.7 Å². The van der Waals surface area contributed by atoms with Crippen molar-refractivity contribution in [3.63, 3.8) is 0 Å². The van der Waals surface area contributed by atoms with E-state index in [1.165, 1.54) is 13.2 Å². The summed E-state index contributed by atoms with van der Waals surface area (Å²) < 4.78 is 35.8. The first-order valence-electron chi connectivity index (χ1n) is 14.8. The maximum Gasteiger partial charge on any atom is 0.331 e. The fraction of sp³-hybridized carbons (Fsp3) is 0.800. The van der Waals surface area contributed by atoms with Gasteiger partial charge in [0.25, 0.3) is 0 Å². The van der Waals surface area contributed by atoms with Crippen LogP contribution in [0.4, 0.5) is 0 Å². The molecule has 11 nitrogen and oxygen atoms in total. The molecule has 3 saturated heterocycles. The minimum atomic E-state index is -1.82. The van der Waals surface area contributed by atoms with E-state index >= 15 is 0 Å². The SMILES string of the molecule is CO[C@H]1C[C@@H](C)O[C@H]2O[C@@H]3C=C4C[C@@H]5O[C@]56C(C(O)C(=O)[C@]5(C)[C@@H](C7=CC(=O)OC7)CC[C@]65O)[C@@]4(C)C[C@H]3O[C@]21O. The molecule has 0 aromatic heterocycles. The molecule has 0 radical (unpaired) electrons. The molecule has 4 heterocycles. The van der Waals surface area contributed by atoms with Gasteiger partial charge in [-0.2, -0.15) is 0 Å². The van der Waals surface area contributed by atoms with E-state index in [4.69, 9.17) is 28.4 Å². The molecule has 4 aliphatic heterocycles. The quantitative estimate of drug-likeness (QED) is 0.242. The van der Waals surface area contributed by atoms with Gasteiger partial charge in [-0.05, 0) is 56.4 Å². The van der Waals surface area contributed by atoms with Crippen LogP contribution in [0.15, 0.2) is 23.3 Å². The maximum absolute atomic E-state index is 14.3. The van der Waals surface area contributed by atoms with Crippen LogP contribution >= 0.6 is 0 Å². The van der Waals surface area contributed by atoms with Crippen molar-refractivity contribution in [2.45, 2.75) is 113 Å². The first-order chi connectivity index (χ1) is 19.3. The number of aliphatic hydroxyl groups is 3. The third kappa shape index (κ3) is 2.97. The smallest absolute Gasteiger partial charge is 0.331 e. The van der Waals surface area contributed by atoms with Crippen molar-refractivity contribution < 1.29 is 53.3 Å². The second-order valence-electron chi connectivity index (χ2n) is 13.9. The number of esters is 1. The first-order valence-corrected chi connectivity index (χ1v) is 14.8. The van der Waals surface area contributed by atoms with E-state index in [9.17, 15) is 24.9 Å². The Morgan fingerprint density at radius 3 is 2.61 bits per heavy atom. The van der Waals surface area contributed by atoms with E-state index in [-0.39, 0.29) is 18.8 Å². The molecular weight excluding hydrogens is 536 g/mol. The average molecular weight is 575 g/mol. The molecule has 0 aromatic rings. The van der Waals surface area contributed by atoms with E-state index in [1.807, 2.05) is 19.9 Å². The molecule has 8 aliphatic rings. The van der Waals surface area contributed by atoms with Crippen molar-refractivity contribution in [1.82, 2.24) is 0 Å². The van der Waals surface area contributed by atoms with Crippen LogP contribution in [0.2, 0.25) is 0 Å². The summed E-state index contributed by atoms with van der Waals surface area (Å²) in [5.41, 5.74) is -3.16. The average Bonchev–Trinajstić information content (AvgIpc) is 3.36. The highest BCUT2D eigenvalue weighted by Crippen LogP contribution is 2.76. The van der Waals surface area contributed by atoms with Gasteiger partial charge in [-0.3, -0.25) is 4.79 Å². The summed E-state index contributed by atoms with van der Waals surface area (Å²) in [4.78, 5) is 26.2. The van der Waals surface area contributed by atoms with Gasteiger partial charge >= 0.3 is 5.97 Å². The molecule has 8 rings (SSSR count). The number of hydrogen-bond acceptors (Lipinski definition) is 11. The molecule has 14 atom stereocenters. The predicted octanol–water partition coefficient (Wildman–Crippen LogP) is 0.677. The normalized spacial score (nSPS) is 58.6. The highest BCUT2D eigenvalue weighted by Gasteiger charge is 2.88. The summed E-state index contributed by atoms with van der Waals surface area (Å²) in [5, 5.41) is 36.1. The number of fused-ring (bicyclic) bond motifs is 5. The standard InChI is InChI=1S/C30H38O11/c1-13-7-20(36-4)30(35)25(38-13)39-17-9-15-10-19-29(41-19)23(26(15,2)11-18(17)40-30)22(32)24(33)27(3)16(5-6-28(27,29)34)14-8-21(31)37-12-14/h8-9,13,16-20,22-23,25,32,34-35H,5-7,10-12H2,1-4H3/t13-,16-,17-,18-,19+,20+,22?,23?,25+,26+,27+,28-,29+,30+/m1/s1. The van der Waals surface area contributed by atoms with Gasteiger partial charge < -0.3 is 43.7 Å². The van der Waals surface area contributed by atoms with E-state index in [2.05, 4.69) is 0 Å². The van der Waals surface area contributed by atoms with Gasteiger partial charge in [-0.15, -0.1) is 0 Å². The second-order valence-corrected chi connectivity index (χ2v) is 13.9. The molecule has 11 heteroatoms. The van der Waals surface area contributed by atoms with Gasteiger partial charge in [-0.25, -0.2) is 4.79 Å². The van der Waals surface area contributed by atoms with E-state index < -0.39 is 82.1 Å². The molecule has 3 saturated carbocycles. The molecule has 6 fully saturated rings. The van der Waals surface area contributed by atoms with Crippen molar-refractivity contribution >= 4 is 11.8 Å². The van der Waals surface area contributed by atoms with Gasteiger partial charge in [0.1, 0.15) is 36.1 Å². The lowest BCUT2D eigenvalue weighted by molar-refractivity contribution is -0.450. The topological polar surface area (TPSA) is 154 Å². The molecule has 3 N–H and O–H groups in total. The summed E-state index contributed by atoms with van der Waals surface area (Å²) in [6.07, 6.45) is 0.648. The Morgan fingerprint density at radius 2 is 1.90 bits per heavy atom. The van der Waals surface area contributed by atoms with Crippen LogP contribution in [0.1, 0.15) is 52.9 Å². The number of methoxy groups -OCH3 is 1. The van der Waals surface area contributed by atoms with Crippen LogP contribution in [0.5, 0.6) is 0 Å². The molecule has 41 heavy (non-hydrogen) atoms. The van der Waals surface area contributed by atoms with Crippen molar-refractivity contribution in [3.05, 3.63) is 23.3 Å². The zero-order valence-electron chi connectivity index (χ0n) is 23.7. The zero-order chi connectivity index (χ0) is 28.9. The van der Waals surface area contributed by atoms with Gasteiger partial charge in [0.05, 0.1) is 23.7 Å². The Morgan fingerprint density at radius 1 is 1.12 bits per heavy atom. The summed E-state index contributed by atoms with van der Waals surface area (Å²) in [5.74, 6) is -3.89. The van der Waals surface area contributed by atoms with Gasteiger partial charge in [-0.1, -0.05) is 18.6 Å². The molecule has 0 amide bonds. The number of aliphatic hydroxyl groups excluding tert-OH is 1. The van der Waals surface area contributed by atoms with Crippen LogP contribution in [-0.4, -0.2) is 101 Å². The molecule has 4 aliphatic carbocycles. The van der Waals surface area contributed by atoms with Gasteiger partial charge in [0.2, 0.25) is 12.1 Å². The number of ketones is 1. The van der Waals surface area contributed by atoms with Crippen LogP contribution < -0.4 is 0 Å². The fourth-order valence-electron chi connectivity index (χ4n) is 10.2. The number of ether oxygens (including phenoxy) is 6. The van der Waals surface area contributed by atoms with Crippen LogP contribution in [-0.2, 0) is 38.0 Å². The lowest BCUT2D eigenvalue weighted by atomic mass is 9.43. The number of rotatable bonds is 2. The molecule has 0 bridgehead atoms. The van der Waals surface area contributed by atoms with Gasteiger partial charge in [0, 0.05) is 25.5 Å². The van der Waals surface area contributed by atoms with Crippen LogP contribution in [0, 0.1) is 22.7 Å². The summed E-state index contributed by atoms with van der Waals surface area (Å²) in [6, 6.07) is 0. The number of carbonyl (C=O) groups excluding carboxylic acids is 2. The zero-order valence-corrected chi connectivity index (χ0v) is 23.7. The molecular formula is C30H38O11. The van der Waals surface area contributed by atoms with Gasteiger partial charge in [0.15, 0.2) is 5.78 Å².